The Labute approximate surface area is 190 Å². The monoisotopic (exact) mass is 495 g/mol. The molecule has 2 aromatic carbocycles. The number of nitrogens with zero attached hydrogens (tertiary/aromatic N) is 1. The van der Waals surface area contributed by atoms with Gasteiger partial charge in [0.15, 0.2) is 0 Å². The van der Waals surface area contributed by atoms with Crippen molar-refractivity contribution in [1.82, 2.24) is 5.06 Å². The Morgan fingerprint density at radius 3 is 1.72 bits per heavy atom. The van der Waals surface area contributed by atoms with Crippen LogP contribution in [0, 0.1) is 0 Å². The van der Waals surface area contributed by atoms with Gasteiger partial charge in [-0.15, -0.1) is 0 Å². The van der Waals surface area contributed by atoms with E-state index in [0.29, 0.717) is 10.8 Å². The molecule has 11 heteroatoms. The maximum Gasteiger partial charge on any atom is 0.375 e. The van der Waals surface area contributed by atoms with Crippen molar-refractivity contribution in [2.75, 3.05) is 0 Å². The van der Waals surface area contributed by atoms with Crippen LogP contribution in [0.3, 0.4) is 0 Å². The summed E-state index contributed by atoms with van der Waals surface area (Å²) in [5.74, 6) is -2.72. The molecular weight excluding hydrogens is 487 g/mol. The van der Waals surface area contributed by atoms with Crippen LogP contribution in [0.25, 0.3) is 0 Å². The fraction of sp³-hybridized carbons (Fsp3) is 0.167. The van der Waals surface area contributed by atoms with Crippen molar-refractivity contribution in [1.29, 1.82) is 0 Å². The number of ether oxygens (including phenoxy) is 1. The highest BCUT2D eigenvalue weighted by Gasteiger charge is 2.46. The van der Waals surface area contributed by atoms with Crippen molar-refractivity contribution < 1.29 is 24.0 Å². The van der Waals surface area contributed by atoms with E-state index in [-0.39, 0.29) is 36.3 Å². The fourth-order valence-electron chi connectivity index (χ4n) is 2.44. The summed E-state index contributed by atoms with van der Waals surface area (Å²) in [7, 11) is 0. The van der Waals surface area contributed by atoms with E-state index in [4.69, 9.17) is 67.6 Å². The summed E-state index contributed by atoms with van der Waals surface area (Å²) < 4.78 is 5.59. The molecule has 0 saturated carbocycles. The highest BCUT2D eigenvalue weighted by Crippen LogP contribution is 2.45. The smallest absolute Gasteiger partial charge is 0.375 e. The van der Waals surface area contributed by atoms with Gasteiger partial charge in [0.25, 0.3) is 11.8 Å². The van der Waals surface area contributed by atoms with E-state index >= 15 is 0 Å². The van der Waals surface area contributed by atoms with Crippen LogP contribution in [-0.4, -0.2) is 28.4 Å². The van der Waals surface area contributed by atoms with Gasteiger partial charge in [-0.1, -0.05) is 63.1 Å². The van der Waals surface area contributed by atoms with Gasteiger partial charge in [0.1, 0.15) is 5.75 Å². The van der Waals surface area contributed by atoms with Crippen LogP contribution in [0.1, 0.15) is 34.6 Å². The zero-order valence-corrected chi connectivity index (χ0v) is 18.5. The number of halogens is 5. The van der Waals surface area contributed by atoms with E-state index < -0.39 is 23.4 Å². The Bertz CT molecular complexity index is 1000. The highest BCUT2D eigenvalue weighted by molar-refractivity contribution is 6.55. The van der Waals surface area contributed by atoms with Gasteiger partial charge >= 0.3 is 5.97 Å². The Morgan fingerprint density at radius 1 is 0.828 bits per heavy atom. The maximum atomic E-state index is 12.6. The Balaban J connectivity index is 1.86. The van der Waals surface area contributed by atoms with Crippen molar-refractivity contribution in [3.05, 3.63) is 60.5 Å². The summed E-state index contributed by atoms with van der Waals surface area (Å²) in [5.41, 5.74) is -2.17. The second-order valence-corrected chi connectivity index (χ2v) is 8.30. The molecule has 0 aliphatic carbocycles. The van der Waals surface area contributed by atoms with Crippen molar-refractivity contribution in [3.8, 4) is 5.75 Å². The third-order valence-corrected chi connectivity index (χ3v) is 5.97. The Hall–Kier alpha value is -1.70. The molecule has 1 aliphatic heterocycles. The number of hydrogen-bond acceptors (Lipinski definition) is 5. The molecule has 6 nitrogen and oxygen atoms in total. The van der Waals surface area contributed by atoms with Crippen molar-refractivity contribution in [3.63, 3.8) is 0 Å². The van der Waals surface area contributed by atoms with Crippen LogP contribution in [0.2, 0.25) is 25.1 Å². The molecule has 0 spiro atoms. The van der Waals surface area contributed by atoms with Crippen LogP contribution >= 0.6 is 58.0 Å². The molecule has 0 bridgehead atoms. The minimum Gasteiger partial charge on any atom is -0.476 e. The first kappa shape index (κ1) is 22.0. The van der Waals surface area contributed by atoms with E-state index in [2.05, 4.69) is 0 Å². The standard InChI is InChI=1S/C18H10Cl5NO5/c1-18(2,28-8-5-3-7(19)4-6-8)17(27)29-24-15(25)9-10(16(24)26)12(21)14(23)13(22)11(9)20/h3-6H,1-2H3. The lowest BCUT2D eigenvalue weighted by atomic mass is 10.1. The quantitative estimate of drug-likeness (QED) is 0.300. The molecule has 29 heavy (non-hydrogen) atoms. The van der Waals surface area contributed by atoms with E-state index in [9.17, 15) is 14.4 Å². The lowest BCUT2D eigenvalue weighted by Crippen LogP contribution is -2.45. The van der Waals surface area contributed by atoms with Gasteiger partial charge in [-0.05, 0) is 38.1 Å². The van der Waals surface area contributed by atoms with Gasteiger partial charge in [-0.2, -0.15) is 0 Å². The van der Waals surface area contributed by atoms with Crippen LogP contribution in [0.15, 0.2) is 24.3 Å². The summed E-state index contributed by atoms with van der Waals surface area (Å²) in [5, 5.41) is -0.218. The number of carbonyl (C=O) groups excluding carboxylic acids is 3. The highest BCUT2D eigenvalue weighted by atomic mass is 35.5. The summed E-state index contributed by atoms with van der Waals surface area (Å²) >= 11 is 29.8. The average Bonchev–Trinajstić information content (AvgIpc) is 2.91. The first-order valence-electron chi connectivity index (χ1n) is 7.87. The number of fused-ring (bicyclic) bond motifs is 1. The largest absolute Gasteiger partial charge is 0.476 e. The van der Waals surface area contributed by atoms with Crippen LogP contribution < -0.4 is 4.74 Å². The molecule has 0 unspecified atom stereocenters. The lowest BCUT2D eigenvalue weighted by molar-refractivity contribution is -0.184. The average molecular weight is 498 g/mol. The summed E-state index contributed by atoms with van der Waals surface area (Å²) in [6, 6.07) is 6.23. The lowest BCUT2D eigenvalue weighted by Gasteiger charge is -2.25. The molecule has 2 amide bonds. The number of amides is 2. The molecule has 0 N–H and O–H groups in total. The SMILES string of the molecule is CC(C)(Oc1ccc(Cl)cc1)C(=O)ON1C(=O)c2c(Cl)c(Cl)c(Cl)c(Cl)c2C1=O. The third-order valence-electron chi connectivity index (χ3n) is 3.92. The number of hydroxylamine groups is 2. The normalized spacial score (nSPS) is 13.6. The van der Waals surface area contributed by atoms with E-state index in [1.54, 1.807) is 24.3 Å². The van der Waals surface area contributed by atoms with Crippen molar-refractivity contribution >= 4 is 75.8 Å². The number of rotatable bonds is 4. The van der Waals surface area contributed by atoms with Crippen molar-refractivity contribution in [2.24, 2.45) is 0 Å². The van der Waals surface area contributed by atoms with Gasteiger partial charge in [-0.3, -0.25) is 9.59 Å². The second-order valence-electron chi connectivity index (χ2n) is 6.36. The second kappa shape index (κ2) is 7.85. The predicted molar refractivity (Wildman–Crippen MR) is 109 cm³/mol. The third kappa shape index (κ3) is 3.88. The molecule has 2 aromatic rings. The summed E-state index contributed by atoms with van der Waals surface area (Å²) in [4.78, 5) is 42.9. The van der Waals surface area contributed by atoms with Crippen LogP contribution in [0.4, 0.5) is 0 Å². The molecule has 0 saturated heterocycles. The Kier molecular flexibility index (Phi) is 5.96. The van der Waals surface area contributed by atoms with Gasteiger partial charge < -0.3 is 9.57 Å². The minimum atomic E-state index is -1.56. The number of imide groups is 1. The molecule has 0 radical (unpaired) electrons. The number of benzene rings is 2. The molecule has 0 aromatic heterocycles. The molecule has 1 aliphatic rings. The van der Waals surface area contributed by atoms with Crippen molar-refractivity contribution in [2.45, 2.75) is 19.4 Å². The summed E-state index contributed by atoms with van der Waals surface area (Å²) in [6.45, 7) is 2.80. The topological polar surface area (TPSA) is 72.9 Å². The number of carbonyl (C=O) groups is 3. The van der Waals surface area contributed by atoms with Gasteiger partial charge in [-0.25, -0.2) is 4.79 Å². The molecule has 152 valence electrons. The molecular formula is C18H10Cl5NO5. The maximum absolute atomic E-state index is 12.6. The fourth-order valence-corrected chi connectivity index (χ4v) is 3.58. The van der Waals surface area contributed by atoms with Gasteiger partial charge in [0.05, 0.1) is 31.2 Å². The van der Waals surface area contributed by atoms with E-state index in [0.717, 1.165) is 0 Å². The predicted octanol–water partition coefficient (Wildman–Crippen LogP) is 5.87. The minimum absolute atomic E-state index is 0.196. The number of hydrogen-bond donors (Lipinski definition) is 0. The van der Waals surface area contributed by atoms with Gasteiger partial charge in [0, 0.05) is 5.02 Å². The van der Waals surface area contributed by atoms with E-state index in [1.165, 1.54) is 13.8 Å². The van der Waals surface area contributed by atoms with Crippen LogP contribution in [-0.2, 0) is 9.63 Å². The molecule has 0 fully saturated rings. The zero-order chi connectivity index (χ0) is 21.7. The first-order chi connectivity index (χ1) is 13.5. The summed E-state index contributed by atoms with van der Waals surface area (Å²) in [6.07, 6.45) is 0. The first-order valence-corrected chi connectivity index (χ1v) is 9.76. The van der Waals surface area contributed by atoms with Crippen LogP contribution in [0.5, 0.6) is 5.75 Å². The zero-order valence-electron chi connectivity index (χ0n) is 14.7. The molecule has 3 rings (SSSR count). The molecule has 1 heterocycles. The van der Waals surface area contributed by atoms with Gasteiger partial charge in [0.2, 0.25) is 5.60 Å². The Morgan fingerprint density at radius 2 is 1.28 bits per heavy atom. The van der Waals surface area contributed by atoms with E-state index in [1.807, 2.05) is 0 Å². The molecule has 0 atom stereocenters.